The van der Waals surface area contributed by atoms with Crippen molar-refractivity contribution in [3.05, 3.63) is 30.4 Å². The van der Waals surface area contributed by atoms with Gasteiger partial charge in [0, 0.05) is 31.0 Å². The maximum atomic E-state index is 11.9. The SMILES string of the molecule is CC#CCOC(=O)N1CCC(OCc2nc(-c3ccncc3)no2)CC1. The van der Waals surface area contributed by atoms with E-state index in [2.05, 4.69) is 27.0 Å². The summed E-state index contributed by atoms with van der Waals surface area (Å²) in [5, 5.41) is 3.95. The first-order valence-electron chi connectivity index (χ1n) is 8.42. The van der Waals surface area contributed by atoms with Gasteiger partial charge in [-0.1, -0.05) is 11.1 Å². The minimum absolute atomic E-state index is 0.0470. The van der Waals surface area contributed by atoms with E-state index in [4.69, 9.17) is 14.0 Å². The van der Waals surface area contributed by atoms with Crippen molar-refractivity contribution in [2.75, 3.05) is 19.7 Å². The zero-order valence-corrected chi connectivity index (χ0v) is 14.6. The monoisotopic (exact) mass is 356 g/mol. The summed E-state index contributed by atoms with van der Waals surface area (Å²) in [5.74, 6) is 6.34. The van der Waals surface area contributed by atoms with Crippen LogP contribution >= 0.6 is 0 Å². The van der Waals surface area contributed by atoms with Crippen LogP contribution in [-0.4, -0.2) is 51.9 Å². The molecule has 26 heavy (non-hydrogen) atoms. The van der Waals surface area contributed by atoms with Crippen LogP contribution in [-0.2, 0) is 16.1 Å². The summed E-state index contributed by atoms with van der Waals surface area (Å²) >= 11 is 0. The maximum absolute atomic E-state index is 11.9. The molecule has 0 unspecified atom stereocenters. The molecule has 1 aliphatic heterocycles. The fraction of sp³-hybridized carbons (Fsp3) is 0.444. The molecule has 0 spiro atoms. The second kappa shape index (κ2) is 8.97. The summed E-state index contributed by atoms with van der Waals surface area (Å²) in [6.45, 7) is 3.27. The summed E-state index contributed by atoms with van der Waals surface area (Å²) in [7, 11) is 0. The average Bonchev–Trinajstić information content (AvgIpc) is 3.17. The number of pyridine rings is 1. The number of aromatic nitrogens is 3. The number of amides is 1. The Balaban J connectivity index is 1.42. The Labute approximate surface area is 151 Å². The second-order valence-corrected chi connectivity index (χ2v) is 5.73. The number of ether oxygens (including phenoxy) is 2. The van der Waals surface area contributed by atoms with Crippen molar-refractivity contribution in [3.8, 4) is 23.2 Å². The molecule has 3 heterocycles. The first-order chi connectivity index (χ1) is 12.8. The molecule has 0 radical (unpaired) electrons. The van der Waals surface area contributed by atoms with E-state index in [0.29, 0.717) is 24.8 Å². The molecule has 0 N–H and O–H groups in total. The van der Waals surface area contributed by atoms with Gasteiger partial charge < -0.3 is 18.9 Å². The van der Waals surface area contributed by atoms with Gasteiger partial charge >= 0.3 is 6.09 Å². The van der Waals surface area contributed by atoms with Gasteiger partial charge in [-0.05, 0) is 31.9 Å². The van der Waals surface area contributed by atoms with Crippen LogP contribution in [0.2, 0.25) is 0 Å². The van der Waals surface area contributed by atoms with Gasteiger partial charge in [0.2, 0.25) is 5.82 Å². The van der Waals surface area contributed by atoms with Gasteiger partial charge in [-0.25, -0.2) is 4.79 Å². The number of rotatable bonds is 5. The lowest BCUT2D eigenvalue weighted by Crippen LogP contribution is -2.41. The molecule has 2 aromatic rings. The normalized spacial score (nSPS) is 14.6. The molecule has 1 fully saturated rings. The Morgan fingerprint density at radius 3 is 2.85 bits per heavy atom. The number of hydrogen-bond acceptors (Lipinski definition) is 7. The summed E-state index contributed by atoms with van der Waals surface area (Å²) in [5.41, 5.74) is 0.842. The zero-order chi connectivity index (χ0) is 18.2. The maximum Gasteiger partial charge on any atom is 0.410 e. The van der Waals surface area contributed by atoms with E-state index in [-0.39, 0.29) is 25.4 Å². The third kappa shape index (κ3) is 4.80. The Morgan fingerprint density at radius 2 is 2.12 bits per heavy atom. The lowest BCUT2D eigenvalue weighted by atomic mass is 10.1. The van der Waals surface area contributed by atoms with E-state index >= 15 is 0 Å². The van der Waals surface area contributed by atoms with Crippen LogP contribution in [0.1, 0.15) is 25.7 Å². The molecule has 8 heteroatoms. The van der Waals surface area contributed by atoms with Gasteiger partial charge in [0.05, 0.1) is 6.10 Å². The molecule has 0 atom stereocenters. The van der Waals surface area contributed by atoms with Crippen molar-refractivity contribution in [3.63, 3.8) is 0 Å². The van der Waals surface area contributed by atoms with Crippen molar-refractivity contribution in [2.45, 2.75) is 32.5 Å². The summed E-state index contributed by atoms with van der Waals surface area (Å²) in [6, 6.07) is 3.63. The van der Waals surface area contributed by atoms with Crippen LogP contribution in [0.15, 0.2) is 29.0 Å². The highest BCUT2D eigenvalue weighted by Crippen LogP contribution is 2.18. The molecule has 1 saturated heterocycles. The Hall–Kier alpha value is -2.92. The zero-order valence-electron chi connectivity index (χ0n) is 14.6. The third-order valence-electron chi connectivity index (χ3n) is 3.99. The average molecular weight is 356 g/mol. The molecule has 136 valence electrons. The van der Waals surface area contributed by atoms with Crippen molar-refractivity contribution in [1.29, 1.82) is 0 Å². The van der Waals surface area contributed by atoms with Crippen molar-refractivity contribution in [2.24, 2.45) is 0 Å². The predicted octanol–water partition coefficient (Wildman–Crippen LogP) is 2.27. The van der Waals surface area contributed by atoms with Crippen LogP contribution < -0.4 is 0 Å². The van der Waals surface area contributed by atoms with E-state index in [1.807, 2.05) is 12.1 Å². The highest BCUT2D eigenvalue weighted by Gasteiger charge is 2.24. The number of carbonyl (C=O) groups is 1. The van der Waals surface area contributed by atoms with E-state index in [1.165, 1.54) is 0 Å². The molecule has 0 aliphatic carbocycles. The number of hydrogen-bond donors (Lipinski definition) is 0. The quantitative estimate of drug-likeness (QED) is 0.759. The number of nitrogens with zero attached hydrogens (tertiary/aromatic N) is 4. The van der Waals surface area contributed by atoms with Gasteiger partial charge in [-0.2, -0.15) is 4.98 Å². The molecule has 8 nitrogen and oxygen atoms in total. The largest absolute Gasteiger partial charge is 0.436 e. The molecule has 0 bridgehead atoms. The molecule has 1 aliphatic rings. The van der Waals surface area contributed by atoms with Crippen LogP contribution in [0.4, 0.5) is 4.79 Å². The highest BCUT2D eigenvalue weighted by atomic mass is 16.6. The first kappa shape index (κ1) is 17.9. The Bertz CT molecular complexity index is 773. The third-order valence-corrected chi connectivity index (χ3v) is 3.99. The molecular formula is C18H20N4O4. The Morgan fingerprint density at radius 1 is 1.35 bits per heavy atom. The molecule has 1 amide bonds. The van der Waals surface area contributed by atoms with Gasteiger partial charge in [0.1, 0.15) is 6.61 Å². The molecule has 0 aromatic carbocycles. The Kier molecular flexibility index (Phi) is 6.17. The molecule has 3 rings (SSSR count). The number of carbonyl (C=O) groups excluding carboxylic acids is 1. The van der Waals surface area contributed by atoms with E-state index in [9.17, 15) is 4.79 Å². The first-order valence-corrected chi connectivity index (χ1v) is 8.42. The van der Waals surface area contributed by atoms with Crippen molar-refractivity contribution < 1.29 is 18.8 Å². The summed E-state index contributed by atoms with van der Waals surface area (Å²) in [6.07, 6.45) is 4.54. The fourth-order valence-electron chi connectivity index (χ4n) is 2.59. The summed E-state index contributed by atoms with van der Waals surface area (Å²) in [4.78, 5) is 21.8. The molecule has 0 saturated carbocycles. The van der Waals surface area contributed by atoms with Gasteiger partial charge in [-0.15, -0.1) is 5.92 Å². The molecule has 2 aromatic heterocycles. The van der Waals surface area contributed by atoms with Crippen LogP contribution in [0, 0.1) is 11.8 Å². The lowest BCUT2D eigenvalue weighted by molar-refractivity contribution is -0.0116. The van der Waals surface area contributed by atoms with Crippen LogP contribution in [0.5, 0.6) is 0 Å². The number of likely N-dealkylation sites (tertiary alicyclic amines) is 1. The van der Waals surface area contributed by atoms with Gasteiger partial charge in [0.15, 0.2) is 6.61 Å². The number of piperidine rings is 1. The smallest absolute Gasteiger partial charge is 0.410 e. The van der Waals surface area contributed by atoms with Gasteiger partial charge in [-0.3, -0.25) is 4.98 Å². The van der Waals surface area contributed by atoms with Crippen LogP contribution in [0.25, 0.3) is 11.4 Å². The van der Waals surface area contributed by atoms with Crippen molar-refractivity contribution in [1.82, 2.24) is 20.0 Å². The predicted molar refractivity (Wildman–Crippen MR) is 91.7 cm³/mol. The second-order valence-electron chi connectivity index (χ2n) is 5.73. The van der Waals surface area contributed by atoms with E-state index < -0.39 is 0 Å². The minimum Gasteiger partial charge on any atom is -0.436 e. The highest BCUT2D eigenvalue weighted by molar-refractivity contribution is 5.67. The van der Waals surface area contributed by atoms with E-state index in [0.717, 1.165) is 18.4 Å². The topological polar surface area (TPSA) is 90.6 Å². The fourth-order valence-corrected chi connectivity index (χ4v) is 2.59. The van der Waals surface area contributed by atoms with Gasteiger partial charge in [0.25, 0.3) is 5.89 Å². The van der Waals surface area contributed by atoms with Crippen molar-refractivity contribution >= 4 is 6.09 Å². The lowest BCUT2D eigenvalue weighted by Gasteiger charge is -2.30. The molecular weight excluding hydrogens is 336 g/mol. The van der Waals surface area contributed by atoms with E-state index in [1.54, 1.807) is 24.2 Å². The van der Waals surface area contributed by atoms with Crippen LogP contribution in [0.3, 0.4) is 0 Å². The minimum atomic E-state index is -0.329. The summed E-state index contributed by atoms with van der Waals surface area (Å²) < 4.78 is 16.1. The standard InChI is InChI=1S/C18H20N4O4/c1-2-3-12-24-18(23)22-10-6-15(7-11-22)25-13-16-20-17(21-26-16)14-4-8-19-9-5-14/h4-5,8-9,15H,6-7,10-13H2,1H3.